The molecule has 0 saturated heterocycles. The van der Waals surface area contributed by atoms with Crippen LogP contribution >= 0.6 is 0 Å². The number of aryl methyl sites for hydroxylation is 2. The molecule has 1 saturated carbocycles. The highest BCUT2D eigenvalue weighted by molar-refractivity contribution is 5.94. The number of amides is 1. The lowest BCUT2D eigenvalue weighted by atomic mass is 9.98. The van der Waals surface area contributed by atoms with Gasteiger partial charge in [-0.1, -0.05) is 0 Å². The van der Waals surface area contributed by atoms with Gasteiger partial charge in [-0.25, -0.2) is 14.8 Å². The van der Waals surface area contributed by atoms with Gasteiger partial charge in [-0.05, 0) is 57.7 Å². The van der Waals surface area contributed by atoms with E-state index in [1.165, 1.54) is 0 Å². The van der Waals surface area contributed by atoms with Crippen LogP contribution in [0, 0.1) is 31.1 Å². The lowest BCUT2D eigenvalue weighted by Crippen LogP contribution is -2.48. The molecule has 1 N–H and O–H groups in total. The van der Waals surface area contributed by atoms with Crippen molar-refractivity contribution in [2.24, 2.45) is 5.92 Å². The smallest absolute Gasteiger partial charge is 0.338 e. The van der Waals surface area contributed by atoms with E-state index in [1.54, 1.807) is 25.1 Å². The lowest BCUT2D eigenvalue weighted by Gasteiger charge is -2.22. The number of hydrogen-bond donors (Lipinski definition) is 1. The Balaban J connectivity index is 1.64. The fraction of sp³-hybridized carbons (Fsp3) is 0.421. The van der Waals surface area contributed by atoms with E-state index in [4.69, 9.17) is 4.74 Å². The van der Waals surface area contributed by atoms with Crippen LogP contribution in [-0.4, -0.2) is 34.0 Å². The number of esters is 1. The van der Waals surface area contributed by atoms with E-state index in [0.717, 1.165) is 24.2 Å². The minimum absolute atomic E-state index is 0.165. The second kappa shape index (κ2) is 6.71. The SMILES string of the molecule is Cc1nc2ccc(C(=O)OCC(=O)N[C@@](C)(C#N)C3CC3)cc2nc1C. The molecule has 3 rings (SSSR count). The first kappa shape index (κ1) is 17.8. The van der Waals surface area contributed by atoms with Gasteiger partial charge < -0.3 is 10.1 Å². The second-order valence-electron chi connectivity index (χ2n) is 6.81. The molecular formula is C19H20N4O3. The van der Waals surface area contributed by atoms with E-state index >= 15 is 0 Å². The molecule has 0 spiro atoms. The van der Waals surface area contributed by atoms with Gasteiger partial charge in [-0.2, -0.15) is 5.26 Å². The lowest BCUT2D eigenvalue weighted by molar-refractivity contribution is -0.125. The molecule has 134 valence electrons. The van der Waals surface area contributed by atoms with Crippen LogP contribution in [-0.2, 0) is 9.53 Å². The number of benzene rings is 1. The highest BCUT2D eigenvalue weighted by Gasteiger charge is 2.43. The number of aromatic nitrogens is 2. The maximum atomic E-state index is 12.2. The molecule has 26 heavy (non-hydrogen) atoms. The van der Waals surface area contributed by atoms with Crippen LogP contribution < -0.4 is 5.32 Å². The van der Waals surface area contributed by atoms with E-state index < -0.39 is 24.0 Å². The first-order valence-electron chi connectivity index (χ1n) is 8.47. The van der Waals surface area contributed by atoms with E-state index in [1.807, 2.05) is 13.8 Å². The van der Waals surface area contributed by atoms with Crippen molar-refractivity contribution in [1.82, 2.24) is 15.3 Å². The molecule has 1 fully saturated rings. The Kier molecular flexibility index (Phi) is 4.60. The van der Waals surface area contributed by atoms with Gasteiger partial charge in [0.1, 0.15) is 5.54 Å². The summed E-state index contributed by atoms with van der Waals surface area (Å²) in [6.07, 6.45) is 1.84. The molecule has 0 radical (unpaired) electrons. The highest BCUT2D eigenvalue weighted by atomic mass is 16.5. The van der Waals surface area contributed by atoms with Crippen LogP contribution in [0.3, 0.4) is 0 Å². The summed E-state index contributed by atoms with van der Waals surface area (Å²) in [7, 11) is 0. The predicted octanol–water partition coefficient (Wildman–Crippen LogP) is 2.21. The minimum Gasteiger partial charge on any atom is -0.452 e. The number of nitriles is 1. The van der Waals surface area contributed by atoms with Crippen molar-refractivity contribution in [1.29, 1.82) is 5.26 Å². The zero-order valence-corrected chi connectivity index (χ0v) is 15.0. The summed E-state index contributed by atoms with van der Waals surface area (Å²) in [5.41, 5.74) is 2.30. The Morgan fingerprint density at radius 3 is 2.54 bits per heavy atom. The van der Waals surface area contributed by atoms with Crippen LogP contribution in [0.5, 0.6) is 0 Å². The van der Waals surface area contributed by atoms with Gasteiger partial charge >= 0.3 is 5.97 Å². The Morgan fingerprint density at radius 1 is 1.27 bits per heavy atom. The Morgan fingerprint density at radius 2 is 1.92 bits per heavy atom. The summed E-state index contributed by atoms with van der Waals surface area (Å²) in [4.78, 5) is 33.1. The number of ether oxygens (including phenoxy) is 1. The van der Waals surface area contributed by atoms with E-state index in [2.05, 4.69) is 21.4 Å². The van der Waals surface area contributed by atoms with Crippen molar-refractivity contribution in [3.63, 3.8) is 0 Å². The van der Waals surface area contributed by atoms with Gasteiger partial charge in [0, 0.05) is 0 Å². The zero-order valence-electron chi connectivity index (χ0n) is 15.0. The van der Waals surface area contributed by atoms with Crippen molar-refractivity contribution >= 4 is 22.9 Å². The number of nitrogens with one attached hydrogen (secondary N) is 1. The molecule has 2 aromatic rings. The number of nitrogens with zero attached hydrogens (tertiary/aromatic N) is 3. The van der Waals surface area contributed by atoms with Crippen molar-refractivity contribution in [3.8, 4) is 6.07 Å². The molecule has 1 aliphatic carbocycles. The molecule has 0 aliphatic heterocycles. The van der Waals surface area contributed by atoms with Crippen molar-refractivity contribution in [2.75, 3.05) is 6.61 Å². The van der Waals surface area contributed by atoms with Gasteiger partial charge in [0.2, 0.25) is 0 Å². The number of hydrogen-bond acceptors (Lipinski definition) is 6. The standard InChI is InChI=1S/C19H20N4O3/c1-11-12(2)22-16-8-13(4-7-15(16)21-11)18(25)26-9-17(24)23-19(3,10-20)14-5-6-14/h4,7-8,14H,5-6,9H2,1-3H3,(H,23,24)/t19-/m0/s1. The number of rotatable bonds is 5. The second-order valence-corrected chi connectivity index (χ2v) is 6.81. The summed E-state index contributed by atoms with van der Waals surface area (Å²) in [5, 5.41) is 11.9. The molecule has 1 atom stereocenters. The normalized spacial score (nSPS) is 15.8. The van der Waals surface area contributed by atoms with Gasteiger partial charge in [-0.15, -0.1) is 0 Å². The number of fused-ring (bicyclic) bond motifs is 1. The largest absolute Gasteiger partial charge is 0.452 e. The van der Waals surface area contributed by atoms with Gasteiger partial charge in [0.05, 0.1) is 34.1 Å². The number of carbonyl (C=O) groups is 2. The topological polar surface area (TPSA) is 105 Å². The summed E-state index contributed by atoms with van der Waals surface area (Å²) in [5.74, 6) is -0.938. The van der Waals surface area contributed by atoms with Gasteiger partial charge in [-0.3, -0.25) is 4.79 Å². The van der Waals surface area contributed by atoms with Crippen LogP contribution in [0.15, 0.2) is 18.2 Å². The Bertz CT molecular complexity index is 930. The monoisotopic (exact) mass is 352 g/mol. The third-order valence-corrected chi connectivity index (χ3v) is 4.67. The molecule has 0 bridgehead atoms. The average Bonchev–Trinajstić information content (AvgIpc) is 3.46. The van der Waals surface area contributed by atoms with Crippen LogP contribution in [0.1, 0.15) is 41.5 Å². The van der Waals surface area contributed by atoms with Crippen LogP contribution in [0.2, 0.25) is 0 Å². The van der Waals surface area contributed by atoms with Crippen molar-refractivity contribution in [3.05, 3.63) is 35.2 Å². The third-order valence-electron chi connectivity index (χ3n) is 4.67. The van der Waals surface area contributed by atoms with Gasteiger partial charge in [0.15, 0.2) is 6.61 Å². The fourth-order valence-electron chi connectivity index (χ4n) is 2.78. The zero-order chi connectivity index (χ0) is 18.9. The van der Waals surface area contributed by atoms with Crippen molar-refractivity contribution in [2.45, 2.75) is 39.2 Å². The summed E-state index contributed by atoms with van der Waals surface area (Å²) in [6.45, 7) is 4.98. The quantitative estimate of drug-likeness (QED) is 0.827. The first-order valence-corrected chi connectivity index (χ1v) is 8.47. The Hall–Kier alpha value is -3.01. The first-order chi connectivity index (χ1) is 12.3. The molecule has 0 unspecified atom stereocenters. The van der Waals surface area contributed by atoms with E-state index in [0.29, 0.717) is 16.6 Å². The van der Waals surface area contributed by atoms with E-state index in [9.17, 15) is 14.9 Å². The molecule has 7 heteroatoms. The average molecular weight is 352 g/mol. The maximum Gasteiger partial charge on any atom is 0.338 e. The molecule has 1 heterocycles. The molecule has 1 aliphatic rings. The predicted molar refractivity (Wildman–Crippen MR) is 94.2 cm³/mol. The molecule has 7 nitrogen and oxygen atoms in total. The molecular weight excluding hydrogens is 332 g/mol. The van der Waals surface area contributed by atoms with Crippen molar-refractivity contribution < 1.29 is 14.3 Å². The van der Waals surface area contributed by atoms with E-state index in [-0.39, 0.29) is 5.92 Å². The molecule has 1 amide bonds. The maximum absolute atomic E-state index is 12.2. The summed E-state index contributed by atoms with van der Waals surface area (Å²) in [6, 6.07) is 7.02. The van der Waals surface area contributed by atoms with Crippen LogP contribution in [0.4, 0.5) is 0 Å². The summed E-state index contributed by atoms with van der Waals surface area (Å²) >= 11 is 0. The Labute approximate surface area is 151 Å². The number of carbonyl (C=O) groups excluding carboxylic acids is 2. The highest BCUT2D eigenvalue weighted by Crippen LogP contribution is 2.39. The third kappa shape index (κ3) is 3.64. The summed E-state index contributed by atoms with van der Waals surface area (Å²) < 4.78 is 5.07. The fourth-order valence-corrected chi connectivity index (χ4v) is 2.78. The molecule has 1 aromatic heterocycles. The van der Waals surface area contributed by atoms with Gasteiger partial charge in [0.25, 0.3) is 5.91 Å². The minimum atomic E-state index is -0.905. The molecule has 1 aromatic carbocycles. The van der Waals surface area contributed by atoms with Crippen LogP contribution in [0.25, 0.3) is 11.0 Å².